The van der Waals surface area contributed by atoms with Gasteiger partial charge in [0, 0.05) is 14.6 Å². The van der Waals surface area contributed by atoms with Crippen LogP contribution in [-0.2, 0) is 4.74 Å². The van der Waals surface area contributed by atoms with Gasteiger partial charge in [-0.05, 0) is 115 Å². The molecule has 0 aromatic heterocycles. The molecular formula is C42H62NOP. The van der Waals surface area contributed by atoms with Gasteiger partial charge in [0.2, 0.25) is 0 Å². The smallest absolute Gasteiger partial charge is 0.0613 e. The van der Waals surface area contributed by atoms with Gasteiger partial charge in [0.25, 0.3) is 0 Å². The lowest BCUT2D eigenvalue weighted by Gasteiger charge is -2.58. The van der Waals surface area contributed by atoms with E-state index in [2.05, 4.69) is 113 Å². The summed E-state index contributed by atoms with van der Waals surface area (Å²) in [6, 6.07) is 22.1. The molecule has 45 heavy (non-hydrogen) atoms. The molecular weight excluding hydrogens is 565 g/mol. The van der Waals surface area contributed by atoms with Gasteiger partial charge in [0.05, 0.1) is 12.7 Å². The molecule has 0 saturated heterocycles. The maximum Gasteiger partial charge on any atom is 0.0613 e. The average molecular weight is 628 g/mol. The standard InChI is InChI=1S/C42H62NOP/c1-31(2)14-13-15-32(3)38-22-23-39-37-21-20-33-30-34(24-26-41(33,4)40(37)25-27-42(38,39)5)44-29-28-43(6)45(35-16-9-7-10-17-35)36-18-11-8-12-19-36/h7-12,16-20,31-32,34,37-40H,13-15,21-30H2,1-6H3/t32-,34+,37?,38-,39?,40?,41+,42-/m1/s1. The van der Waals surface area contributed by atoms with Gasteiger partial charge < -0.3 is 4.74 Å². The summed E-state index contributed by atoms with van der Waals surface area (Å²) < 4.78 is 9.24. The van der Waals surface area contributed by atoms with E-state index in [0.29, 0.717) is 16.9 Å². The number of ether oxygens (including phenoxy) is 1. The van der Waals surface area contributed by atoms with E-state index in [4.69, 9.17) is 4.74 Å². The summed E-state index contributed by atoms with van der Waals surface area (Å²) in [5, 5.41) is 2.82. The number of benzene rings is 2. The van der Waals surface area contributed by atoms with E-state index in [-0.39, 0.29) is 0 Å². The van der Waals surface area contributed by atoms with Crippen LogP contribution in [0.15, 0.2) is 72.3 Å². The zero-order valence-electron chi connectivity index (χ0n) is 29.4. The largest absolute Gasteiger partial charge is 0.377 e. The van der Waals surface area contributed by atoms with Crippen LogP contribution >= 0.6 is 8.07 Å². The van der Waals surface area contributed by atoms with Crippen molar-refractivity contribution < 1.29 is 4.74 Å². The molecule has 3 heteroatoms. The molecule has 2 aromatic rings. The quantitative estimate of drug-likeness (QED) is 0.171. The van der Waals surface area contributed by atoms with Crippen molar-refractivity contribution in [3.05, 3.63) is 72.3 Å². The molecule has 0 aliphatic heterocycles. The first kappa shape index (κ1) is 33.4. The second-order valence-electron chi connectivity index (χ2n) is 16.4. The van der Waals surface area contributed by atoms with E-state index in [1.807, 2.05) is 0 Å². The zero-order chi connectivity index (χ0) is 31.6. The Bertz CT molecular complexity index is 1220. The van der Waals surface area contributed by atoms with E-state index in [0.717, 1.165) is 55.1 Å². The van der Waals surface area contributed by atoms with E-state index in [9.17, 15) is 0 Å². The van der Waals surface area contributed by atoms with Crippen molar-refractivity contribution in [2.45, 2.75) is 111 Å². The summed E-state index contributed by atoms with van der Waals surface area (Å²) in [5.41, 5.74) is 2.73. The van der Waals surface area contributed by atoms with Gasteiger partial charge in [-0.15, -0.1) is 0 Å². The molecule has 3 fully saturated rings. The lowest BCUT2D eigenvalue weighted by atomic mass is 9.47. The van der Waals surface area contributed by atoms with Crippen molar-refractivity contribution in [2.24, 2.45) is 46.3 Å². The van der Waals surface area contributed by atoms with E-state index in [1.165, 1.54) is 74.8 Å². The molecule has 0 spiro atoms. The number of fused-ring (bicyclic) bond motifs is 5. The second kappa shape index (κ2) is 14.3. The van der Waals surface area contributed by atoms with Gasteiger partial charge in [-0.25, -0.2) is 0 Å². The Hall–Kier alpha value is -1.47. The average Bonchev–Trinajstić information content (AvgIpc) is 3.39. The van der Waals surface area contributed by atoms with E-state index >= 15 is 0 Å². The fourth-order valence-electron chi connectivity index (χ4n) is 10.9. The molecule has 2 nitrogen and oxygen atoms in total. The molecule has 0 radical (unpaired) electrons. The molecule has 0 heterocycles. The molecule has 3 unspecified atom stereocenters. The predicted octanol–water partition coefficient (Wildman–Crippen LogP) is 10.4. The third kappa shape index (κ3) is 6.91. The van der Waals surface area contributed by atoms with Crippen molar-refractivity contribution in [3.63, 3.8) is 0 Å². The minimum atomic E-state index is -0.552. The van der Waals surface area contributed by atoms with Gasteiger partial charge in [-0.3, -0.25) is 4.67 Å². The molecule has 0 N–H and O–H groups in total. The van der Waals surface area contributed by atoms with Crippen LogP contribution in [0.5, 0.6) is 0 Å². The number of hydrogen-bond donors (Lipinski definition) is 0. The normalized spacial score (nSPS) is 33.5. The first-order valence-electron chi connectivity index (χ1n) is 18.6. The molecule has 0 bridgehead atoms. The van der Waals surface area contributed by atoms with Crippen LogP contribution in [0.2, 0.25) is 0 Å². The van der Waals surface area contributed by atoms with Crippen LogP contribution in [0.4, 0.5) is 0 Å². The first-order chi connectivity index (χ1) is 21.7. The van der Waals surface area contributed by atoms with Crippen molar-refractivity contribution >= 4 is 18.7 Å². The summed E-state index contributed by atoms with van der Waals surface area (Å²) in [5.74, 6) is 5.42. The third-order valence-electron chi connectivity index (χ3n) is 13.4. The summed E-state index contributed by atoms with van der Waals surface area (Å²) in [7, 11) is 1.73. The maximum atomic E-state index is 6.71. The SMILES string of the molecule is CC(C)CCC[C@@H](C)[C@H]1CCC2C3CC=C4C[C@@H](OCCN(C)P(c5ccccc5)c5ccccc5)CC[C@]4(C)C3CC[C@@]21C. The van der Waals surface area contributed by atoms with Crippen LogP contribution in [0, 0.1) is 46.3 Å². The lowest BCUT2D eigenvalue weighted by Crippen LogP contribution is -2.51. The van der Waals surface area contributed by atoms with Crippen LogP contribution in [-0.4, -0.2) is 31.0 Å². The molecule has 4 aliphatic carbocycles. The molecule has 2 aromatic carbocycles. The summed E-state index contributed by atoms with van der Waals surface area (Å²) >= 11 is 0. The molecule has 3 saturated carbocycles. The van der Waals surface area contributed by atoms with Gasteiger partial charge in [0.15, 0.2) is 0 Å². The molecule has 6 rings (SSSR count). The summed E-state index contributed by atoms with van der Waals surface area (Å²) in [6.07, 6.45) is 18.3. The number of hydrogen-bond acceptors (Lipinski definition) is 2. The minimum Gasteiger partial charge on any atom is -0.377 e. The summed E-state index contributed by atoms with van der Waals surface area (Å²) in [4.78, 5) is 0. The molecule has 0 amide bonds. The van der Waals surface area contributed by atoms with E-state index < -0.39 is 8.07 Å². The fourth-order valence-corrected chi connectivity index (χ4v) is 13.2. The Balaban J connectivity index is 1.05. The monoisotopic (exact) mass is 627 g/mol. The fraction of sp³-hybridized carbons (Fsp3) is 0.667. The van der Waals surface area contributed by atoms with Gasteiger partial charge in [0.1, 0.15) is 0 Å². The van der Waals surface area contributed by atoms with Crippen molar-refractivity contribution in [2.75, 3.05) is 20.2 Å². The summed E-state index contributed by atoms with van der Waals surface area (Å²) in [6.45, 7) is 14.5. The van der Waals surface area contributed by atoms with Crippen LogP contribution in [0.1, 0.15) is 105 Å². The second-order valence-corrected chi connectivity index (χ2v) is 18.7. The van der Waals surface area contributed by atoms with Crippen LogP contribution in [0.25, 0.3) is 0 Å². The van der Waals surface area contributed by atoms with Crippen molar-refractivity contribution in [3.8, 4) is 0 Å². The van der Waals surface area contributed by atoms with Crippen molar-refractivity contribution in [1.29, 1.82) is 0 Å². The highest BCUT2D eigenvalue weighted by Gasteiger charge is 2.59. The third-order valence-corrected chi connectivity index (χ3v) is 15.8. The van der Waals surface area contributed by atoms with Crippen LogP contribution < -0.4 is 10.6 Å². The zero-order valence-corrected chi connectivity index (χ0v) is 30.3. The molecule has 246 valence electrons. The van der Waals surface area contributed by atoms with Gasteiger partial charge in [-0.1, -0.05) is 126 Å². The highest BCUT2D eigenvalue weighted by Crippen LogP contribution is 2.67. The Morgan fingerprint density at radius 3 is 2.20 bits per heavy atom. The highest BCUT2D eigenvalue weighted by atomic mass is 31.1. The minimum absolute atomic E-state index is 0.380. The first-order valence-corrected chi connectivity index (χ1v) is 19.9. The number of nitrogens with zero attached hydrogens (tertiary/aromatic N) is 1. The Morgan fingerprint density at radius 1 is 0.844 bits per heavy atom. The van der Waals surface area contributed by atoms with Crippen LogP contribution in [0.3, 0.4) is 0 Å². The number of allylic oxidation sites excluding steroid dienone is 1. The Kier molecular flexibility index (Phi) is 10.7. The number of likely N-dealkylation sites (N-methyl/N-ethyl adjacent to an activating group) is 1. The topological polar surface area (TPSA) is 12.5 Å². The predicted molar refractivity (Wildman–Crippen MR) is 194 cm³/mol. The van der Waals surface area contributed by atoms with Crippen molar-refractivity contribution in [1.82, 2.24) is 4.67 Å². The number of rotatable bonds is 12. The molecule has 4 aliphatic rings. The van der Waals surface area contributed by atoms with Gasteiger partial charge in [-0.2, -0.15) is 0 Å². The Labute approximate surface area is 277 Å². The van der Waals surface area contributed by atoms with E-state index in [1.54, 1.807) is 5.57 Å². The van der Waals surface area contributed by atoms with Gasteiger partial charge >= 0.3 is 0 Å². The maximum absolute atomic E-state index is 6.71. The Morgan fingerprint density at radius 2 is 1.53 bits per heavy atom. The molecule has 8 atom stereocenters. The lowest BCUT2D eigenvalue weighted by molar-refractivity contribution is -0.0640. The highest BCUT2D eigenvalue weighted by molar-refractivity contribution is 7.70.